The first-order chi connectivity index (χ1) is 13.6. The van der Waals surface area contributed by atoms with Gasteiger partial charge in [0.15, 0.2) is 0 Å². The van der Waals surface area contributed by atoms with Gasteiger partial charge < -0.3 is 10.2 Å². The molecule has 0 amide bonds. The van der Waals surface area contributed by atoms with Crippen LogP contribution in [-0.4, -0.2) is 53.5 Å². The molecule has 0 saturated carbocycles. The van der Waals surface area contributed by atoms with Gasteiger partial charge in [0.25, 0.3) is 11.9 Å². The number of carboxylic acids is 2. The third-order valence-corrected chi connectivity index (χ3v) is 8.31. The first kappa shape index (κ1) is 29.2. The molecule has 0 rings (SSSR count). The Balaban J connectivity index is 3.77. The summed E-state index contributed by atoms with van der Waals surface area (Å²) in [6.07, 6.45) is 14.1. The Labute approximate surface area is 189 Å². The molecule has 0 bridgehead atoms. The van der Waals surface area contributed by atoms with E-state index in [9.17, 15) is 19.8 Å². The maximum Gasteiger partial charge on any atom is 0.294 e. The summed E-state index contributed by atoms with van der Waals surface area (Å²) in [5, 5.41) is 17.5. The summed E-state index contributed by atoms with van der Waals surface area (Å²) < 4.78 is 0. The molecule has 0 atom stereocenters. The molecular formula is C22H46B4O4. The van der Waals surface area contributed by atoms with Gasteiger partial charge in [-0.2, -0.15) is 0 Å². The van der Waals surface area contributed by atoms with Crippen LogP contribution >= 0.6 is 0 Å². The Kier molecular flexibility index (Phi) is 12.0. The average molecular weight is 418 g/mol. The van der Waals surface area contributed by atoms with Crippen LogP contribution in [0.4, 0.5) is 0 Å². The van der Waals surface area contributed by atoms with Crippen molar-refractivity contribution in [3.63, 3.8) is 0 Å². The van der Waals surface area contributed by atoms with Gasteiger partial charge in [0.2, 0.25) is 0 Å². The van der Waals surface area contributed by atoms with Crippen molar-refractivity contribution >= 4 is 43.3 Å². The van der Waals surface area contributed by atoms with E-state index in [0.29, 0.717) is 0 Å². The van der Waals surface area contributed by atoms with E-state index in [1.54, 1.807) is 0 Å². The smallest absolute Gasteiger partial charge is 0.294 e. The lowest BCUT2D eigenvalue weighted by Crippen LogP contribution is -2.39. The largest absolute Gasteiger partial charge is 0.482 e. The fraction of sp³-hybridized carbons (Fsp3) is 0.909. The highest BCUT2D eigenvalue weighted by atomic mass is 16.4. The van der Waals surface area contributed by atoms with Crippen LogP contribution in [0, 0.1) is 10.8 Å². The van der Waals surface area contributed by atoms with E-state index in [2.05, 4.69) is 27.7 Å². The quantitative estimate of drug-likeness (QED) is 0.282. The monoisotopic (exact) mass is 418 g/mol. The van der Waals surface area contributed by atoms with Crippen molar-refractivity contribution in [3.8, 4) is 0 Å². The molecule has 0 radical (unpaired) electrons. The second-order valence-electron chi connectivity index (χ2n) is 11.7. The average Bonchev–Trinajstić information content (AvgIpc) is 2.61. The molecule has 170 valence electrons. The van der Waals surface area contributed by atoms with Gasteiger partial charge in [-0.15, -0.1) is 0 Å². The Morgan fingerprint density at radius 2 is 0.733 bits per heavy atom. The molecule has 4 nitrogen and oxygen atoms in total. The lowest BCUT2D eigenvalue weighted by molar-refractivity contribution is -0.142. The lowest BCUT2D eigenvalue weighted by Gasteiger charge is -2.38. The van der Waals surface area contributed by atoms with Crippen molar-refractivity contribution in [3.05, 3.63) is 0 Å². The predicted octanol–water partition coefficient (Wildman–Crippen LogP) is 2.65. The fourth-order valence-corrected chi connectivity index (χ4v) is 3.75. The molecule has 0 fully saturated rings. The molecule has 0 aromatic carbocycles. The minimum absolute atomic E-state index is 0.187. The Morgan fingerprint density at radius 3 is 0.933 bits per heavy atom. The molecule has 30 heavy (non-hydrogen) atoms. The molecule has 0 aliphatic rings. The highest BCUT2D eigenvalue weighted by Gasteiger charge is 2.43. The number of carbonyl (C=O) groups is 2. The molecule has 0 aromatic heterocycles. The van der Waals surface area contributed by atoms with Gasteiger partial charge in [0, 0.05) is 10.4 Å². The number of rotatable bonds is 17. The third-order valence-electron chi connectivity index (χ3n) is 8.31. The molecule has 0 aliphatic heterocycles. The van der Waals surface area contributed by atoms with Crippen LogP contribution in [0.1, 0.15) is 105 Å². The van der Waals surface area contributed by atoms with Gasteiger partial charge in [-0.05, 0) is 23.7 Å². The molecule has 0 heterocycles. The number of unbranched alkanes of at least 4 members (excludes halogenated alkanes) is 9. The summed E-state index contributed by atoms with van der Waals surface area (Å²) in [7, 11) is 7.35. The van der Waals surface area contributed by atoms with E-state index in [1.165, 1.54) is 51.4 Å². The maximum absolute atomic E-state index is 11.5. The minimum atomic E-state index is -0.707. The predicted molar refractivity (Wildman–Crippen MR) is 138 cm³/mol. The van der Waals surface area contributed by atoms with Gasteiger partial charge in [-0.1, -0.05) is 91.9 Å². The van der Waals surface area contributed by atoms with Crippen molar-refractivity contribution < 1.29 is 19.8 Å². The molecule has 2 N–H and O–H groups in total. The summed E-state index contributed by atoms with van der Waals surface area (Å²) >= 11 is 0. The number of aliphatic carboxylic acids is 2. The Hall–Kier alpha value is -0.800. The maximum atomic E-state index is 11.5. The van der Waals surface area contributed by atoms with Crippen LogP contribution < -0.4 is 0 Å². The highest BCUT2D eigenvalue weighted by molar-refractivity contribution is 6.50. The molecule has 0 unspecified atom stereocenters. The zero-order chi connectivity index (χ0) is 23.6. The molecule has 0 aliphatic carbocycles. The molecular weight excluding hydrogens is 371 g/mol. The van der Waals surface area contributed by atoms with E-state index in [0.717, 1.165) is 25.7 Å². The minimum Gasteiger partial charge on any atom is -0.482 e. The summed E-state index contributed by atoms with van der Waals surface area (Å²) in [4.78, 5) is 22.9. The second kappa shape index (κ2) is 12.3. The van der Waals surface area contributed by atoms with Crippen LogP contribution in [0.25, 0.3) is 0 Å². The summed E-state index contributed by atoms with van der Waals surface area (Å²) in [6, 6.07) is 0. The zero-order valence-electron chi connectivity index (χ0n) is 21.2. The second-order valence-corrected chi connectivity index (χ2v) is 11.7. The topological polar surface area (TPSA) is 74.6 Å². The van der Waals surface area contributed by atoms with Crippen molar-refractivity contribution in [1.29, 1.82) is 0 Å². The molecule has 8 heteroatoms. The first-order valence-corrected chi connectivity index (χ1v) is 12.1. The van der Waals surface area contributed by atoms with Crippen LogP contribution in [0.3, 0.4) is 0 Å². The van der Waals surface area contributed by atoms with E-state index < -0.39 is 22.4 Å². The summed E-state index contributed by atoms with van der Waals surface area (Å²) in [5.41, 5.74) is -0.375. The van der Waals surface area contributed by atoms with Gasteiger partial charge in [-0.3, -0.25) is 9.59 Å². The SMILES string of the molecule is BC(B)(C(=O)O)C(C)(C)CCCCCCCCCCCCC(C)(C)C(B)(B)C(=O)O. The fourth-order valence-electron chi connectivity index (χ4n) is 3.75. The van der Waals surface area contributed by atoms with E-state index in [1.807, 2.05) is 31.4 Å². The van der Waals surface area contributed by atoms with Gasteiger partial charge >= 0.3 is 0 Å². The van der Waals surface area contributed by atoms with E-state index in [4.69, 9.17) is 0 Å². The van der Waals surface area contributed by atoms with Crippen LogP contribution in [0.2, 0.25) is 10.4 Å². The highest BCUT2D eigenvalue weighted by Crippen LogP contribution is 2.45. The number of hydrogen-bond acceptors (Lipinski definition) is 2. The van der Waals surface area contributed by atoms with Crippen LogP contribution in [0.5, 0.6) is 0 Å². The number of carboxylic acid groups (broad SMARTS) is 2. The van der Waals surface area contributed by atoms with Gasteiger partial charge in [0.05, 0.1) is 0 Å². The van der Waals surface area contributed by atoms with E-state index >= 15 is 0 Å². The molecule has 0 aromatic rings. The standard InChI is InChI=1S/C22H46B4O4/c1-19(2,21(23,24)17(27)28)15-13-11-9-7-5-6-8-10-12-14-16-20(3,4)22(25,26)18(29)30/h5-16,23-26H2,1-4H3,(H,27,28)(H,29,30). The van der Waals surface area contributed by atoms with Crippen molar-refractivity contribution in [2.24, 2.45) is 10.8 Å². The van der Waals surface area contributed by atoms with Crippen molar-refractivity contribution in [2.75, 3.05) is 0 Å². The van der Waals surface area contributed by atoms with E-state index in [-0.39, 0.29) is 10.8 Å². The Bertz CT molecular complexity index is 497. The lowest BCUT2D eigenvalue weighted by atomic mass is 9.42. The first-order valence-electron chi connectivity index (χ1n) is 12.1. The number of hydrogen-bond donors (Lipinski definition) is 2. The van der Waals surface area contributed by atoms with Crippen molar-refractivity contribution in [1.82, 2.24) is 0 Å². The normalized spacial score (nSPS) is 13.3. The van der Waals surface area contributed by atoms with Gasteiger partial charge in [0.1, 0.15) is 31.4 Å². The molecule has 0 saturated heterocycles. The Morgan fingerprint density at radius 1 is 0.533 bits per heavy atom. The summed E-state index contributed by atoms with van der Waals surface area (Å²) in [6.45, 7) is 8.30. The third kappa shape index (κ3) is 8.75. The van der Waals surface area contributed by atoms with Crippen molar-refractivity contribution in [2.45, 2.75) is 115 Å². The zero-order valence-corrected chi connectivity index (χ0v) is 21.2. The van der Waals surface area contributed by atoms with Gasteiger partial charge in [-0.25, -0.2) is 0 Å². The van der Waals surface area contributed by atoms with Crippen LogP contribution in [0.15, 0.2) is 0 Å². The molecule has 0 spiro atoms. The van der Waals surface area contributed by atoms with Crippen LogP contribution in [-0.2, 0) is 9.59 Å². The summed E-state index contributed by atoms with van der Waals surface area (Å²) in [5.74, 6) is -1.41.